The van der Waals surface area contributed by atoms with Gasteiger partial charge in [0.25, 0.3) is 5.91 Å². The second-order valence-corrected chi connectivity index (χ2v) is 12.2. The molecule has 4 aromatic rings. The molecule has 46 heavy (non-hydrogen) atoms. The van der Waals surface area contributed by atoms with Crippen molar-refractivity contribution in [1.29, 1.82) is 5.26 Å². The summed E-state index contributed by atoms with van der Waals surface area (Å²) in [4.78, 5) is 36.1. The molecule has 0 radical (unpaired) electrons. The van der Waals surface area contributed by atoms with Crippen LogP contribution in [0, 0.1) is 17.2 Å². The zero-order valence-corrected chi connectivity index (χ0v) is 26.0. The number of nitriles is 1. The summed E-state index contributed by atoms with van der Waals surface area (Å²) in [6.07, 6.45) is 11.4. The van der Waals surface area contributed by atoms with Crippen molar-refractivity contribution in [3.8, 4) is 23.1 Å². The highest BCUT2D eigenvalue weighted by Crippen LogP contribution is 2.38. The van der Waals surface area contributed by atoms with E-state index >= 15 is 0 Å². The van der Waals surface area contributed by atoms with Crippen molar-refractivity contribution in [1.82, 2.24) is 34.2 Å². The molecule has 2 saturated heterocycles. The highest BCUT2D eigenvalue weighted by Gasteiger charge is 2.30. The van der Waals surface area contributed by atoms with E-state index in [0.29, 0.717) is 24.8 Å². The number of benzene rings is 1. The van der Waals surface area contributed by atoms with Gasteiger partial charge in [-0.2, -0.15) is 24.2 Å². The molecule has 1 N–H and O–H groups in total. The number of thioether (sulfide) groups is 1. The van der Waals surface area contributed by atoms with E-state index < -0.39 is 12.5 Å². The Hall–Kier alpha value is -4.55. The van der Waals surface area contributed by atoms with Gasteiger partial charge in [-0.05, 0) is 69.3 Å². The summed E-state index contributed by atoms with van der Waals surface area (Å²) in [6.45, 7) is -0.172. The lowest BCUT2D eigenvalue weighted by Crippen LogP contribution is -2.49. The van der Waals surface area contributed by atoms with Crippen LogP contribution in [0.1, 0.15) is 36.0 Å². The van der Waals surface area contributed by atoms with Gasteiger partial charge in [0.1, 0.15) is 23.6 Å². The molecule has 0 spiro atoms. The van der Waals surface area contributed by atoms with Crippen LogP contribution in [0.5, 0.6) is 5.75 Å². The minimum absolute atomic E-state index is 0.105. The number of nitrogens with zero attached hydrogens (tertiary/aromatic N) is 8. The van der Waals surface area contributed by atoms with Crippen LogP contribution in [0.2, 0.25) is 0 Å². The molecule has 6 rings (SSSR count). The molecule has 15 heteroatoms. The first-order valence-electron chi connectivity index (χ1n) is 15.0. The number of amides is 2. The van der Waals surface area contributed by atoms with Gasteiger partial charge in [-0.1, -0.05) is 0 Å². The average molecular weight is 650 g/mol. The first-order valence-corrected chi connectivity index (χ1v) is 16.3. The number of likely N-dealkylation sites (tertiary alicyclic amines) is 2. The second-order valence-electron chi connectivity index (χ2n) is 11.3. The zero-order valence-electron chi connectivity index (χ0n) is 25.2. The number of hydrogen-bond donors (Lipinski definition) is 1. The van der Waals surface area contributed by atoms with E-state index in [0.717, 1.165) is 43.7 Å². The molecular weight excluding hydrogens is 616 g/mol. The molecule has 1 aromatic carbocycles. The predicted molar refractivity (Wildman–Crippen MR) is 167 cm³/mol. The number of anilines is 1. The average Bonchev–Trinajstić information content (AvgIpc) is 3.69. The third kappa shape index (κ3) is 6.82. The van der Waals surface area contributed by atoms with Gasteiger partial charge >= 0.3 is 6.61 Å². The van der Waals surface area contributed by atoms with Crippen molar-refractivity contribution in [2.24, 2.45) is 5.92 Å². The predicted octanol–water partition coefficient (Wildman–Crippen LogP) is 4.39. The molecular formula is C31H33F2N9O3S. The quantitative estimate of drug-likeness (QED) is 0.262. The number of halogens is 2. The zero-order chi connectivity index (χ0) is 32.2. The number of fused-ring (bicyclic) bond motifs is 1. The fraction of sp³-hybridized carbons (Fsp3) is 0.419. The van der Waals surface area contributed by atoms with Crippen molar-refractivity contribution in [2.75, 3.05) is 37.8 Å². The summed E-state index contributed by atoms with van der Waals surface area (Å²) >= 11 is 1.41. The van der Waals surface area contributed by atoms with E-state index in [1.165, 1.54) is 39.4 Å². The maximum Gasteiger partial charge on any atom is 0.387 e. The minimum atomic E-state index is -3.08. The maximum atomic E-state index is 13.4. The maximum absolute atomic E-state index is 13.4. The Morgan fingerprint density at radius 3 is 2.67 bits per heavy atom. The van der Waals surface area contributed by atoms with E-state index in [1.807, 2.05) is 11.2 Å². The van der Waals surface area contributed by atoms with Crippen LogP contribution in [0.3, 0.4) is 0 Å². The standard InChI is InChI=1S/C31H33F2N9O3S/c1-46-22-3-4-26(45-31(32)33)23(15-22)28-25(37-30(44)24-17-36-42-10-2-9-35-29(24)42)18-41(38-28)19-27(43)40-13-7-21(8-14-40)39-11-5-20(16-34)6-12-39/h2-4,9-10,15,17-18,20-21,31H,5-8,11-14,19H2,1H3,(H,37,44). The fourth-order valence-corrected chi connectivity index (χ4v) is 6.54. The molecule has 3 aromatic heterocycles. The number of alkyl halides is 2. The molecule has 0 atom stereocenters. The summed E-state index contributed by atoms with van der Waals surface area (Å²) in [5.41, 5.74) is 1.18. The smallest absolute Gasteiger partial charge is 0.387 e. The number of piperidine rings is 2. The molecule has 0 unspecified atom stereocenters. The van der Waals surface area contributed by atoms with Crippen LogP contribution in [0.25, 0.3) is 16.9 Å². The SMILES string of the molecule is CSc1ccc(OC(F)F)c(-c2nn(CC(=O)N3CCC(N4CCC(C#N)CC4)CC3)cc2NC(=O)c2cnn3cccnc23)c1. The van der Waals surface area contributed by atoms with E-state index in [9.17, 15) is 23.6 Å². The number of rotatable bonds is 9. The van der Waals surface area contributed by atoms with Crippen molar-refractivity contribution < 1.29 is 23.1 Å². The Kier molecular flexibility index (Phi) is 9.46. The van der Waals surface area contributed by atoms with Gasteiger partial charge in [0.05, 0.1) is 18.0 Å². The van der Waals surface area contributed by atoms with Crippen molar-refractivity contribution >= 4 is 34.9 Å². The summed E-state index contributed by atoms with van der Waals surface area (Å²) in [7, 11) is 0. The number of carbonyl (C=O) groups is 2. The molecule has 0 saturated carbocycles. The van der Waals surface area contributed by atoms with Crippen LogP contribution >= 0.6 is 11.8 Å². The largest absolute Gasteiger partial charge is 0.434 e. The first kappa shape index (κ1) is 31.4. The lowest BCUT2D eigenvalue weighted by molar-refractivity contribution is -0.133. The van der Waals surface area contributed by atoms with Crippen LogP contribution < -0.4 is 10.1 Å². The molecule has 2 aliphatic rings. The van der Waals surface area contributed by atoms with Crippen molar-refractivity contribution in [3.63, 3.8) is 0 Å². The Balaban J connectivity index is 1.23. The van der Waals surface area contributed by atoms with Crippen molar-refractivity contribution in [3.05, 3.63) is 54.6 Å². The van der Waals surface area contributed by atoms with Gasteiger partial charge in [0.2, 0.25) is 5.91 Å². The molecule has 0 bridgehead atoms. The molecule has 0 aliphatic carbocycles. The lowest BCUT2D eigenvalue weighted by atomic mass is 9.94. The van der Waals surface area contributed by atoms with E-state index in [1.54, 1.807) is 30.6 Å². The number of carbonyl (C=O) groups excluding carboxylic acids is 2. The molecule has 12 nitrogen and oxygen atoms in total. The van der Waals surface area contributed by atoms with E-state index in [4.69, 9.17) is 4.74 Å². The number of hydrogen-bond acceptors (Lipinski definition) is 9. The normalized spacial score (nSPS) is 16.5. The third-order valence-electron chi connectivity index (χ3n) is 8.53. The Morgan fingerprint density at radius 2 is 1.96 bits per heavy atom. The Morgan fingerprint density at radius 1 is 1.17 bits per heavy atom. The van der Waals surface area contributed by atoms with Crippen LogP contribution in [-0.2, 0) is 11.3 Å². The Labute approximate surface area is 268 Å². The Bertz CT molecular complexity index is 1760. The molecule has 240 valence electrons. The topological polar surface area (TPSA) is 134 Å². The number of ether oxygens (including phenoxy) is 1. The third-order valence-corrected chi connectivity index (χ3v) is 9.26. The molecule has 2 fully saturated rings. The molecule has 2 aliphatic heterocycles. The van der Waals surface area contributed by atoms with Crippen molar-refractivity contribution in [2.45, 2.75) is 49.8 Å². The highest BCUT2D eigenvalue weighted by atomic mass is 32.2. The minimum Gasteiger partial charge on any atom is -0.434 e. The van der Waals surface area contributed by atoms with Gasteiger partial charge in [-0.25, -0.2) is 9.50 Å². The van der Waals surface area contributed by atoms with Crippen LogP contribution in [0.15, 0.2) is 53.9 Å². The van der Waals surface area contributed by atoms with Crippen LogP contribution in [-0.4, -0.2) is 91.1 Å². The summed E-state index contributed by atoms with van der Waals surface area (Å²) in [5, 5.41) is 20.8. The van der Waals surface area contributed by atoms with Gasteiger partial charge in [0.15, 0.2) is 5.65 Å². The lowest BCUT2D eigenvalue weighted by Gasteiger charge is -2.41. The van der Waals surface area contributed by atoms with Gasteiger partial charge in [-0.15, -0.1) is 11.8 Å². The van der Waals surface area contributed by atoms with Gasteiger partial charge < -0.3 is 19.9 Å². The molecule has 2 amide bonds. The van der Waals surface area contributed by atoms with Crippen LogP contribution in [0.4, 0.5) is 14.5 Å². The number of aromatic nitrogens is 5. The number of nitrogens with one attached hydrogen (secondary N) is 1. The van der Waals surface area contributed by atoms with E-state index in [-0.39, 0.29) is 46.6 Å². The summed E-state index contributed by atoms with van der Waals surface area (Å²) in [6, 6.07) is 9.19. The summed E-state index contributed by atoms with van der Waals surface area (Å²) in [5.74, 6) is -0.649. The van der Waals surface area contributed by atoms with Gasteiger partial charge in [0, 0.05) is 54.1 Å². The highest BCUT2D eigenvalue weighted by molar-refractivity contribution is 7.98. The van der Waals surface area contributed by atoms with Gasteiger partial charge in [-0.3, -0.25) is 14.3 Å². The first-order chi connectivity index (χ1) is 22.3. The second kappa shape index (κ2) is 13.8. The van der Waals surface area contributed by atoms with E-state index in [2.05, 4.69) is 31.5 Å². The fourth-order valence-electron chi connectivity index (χ4n) is 6.10. The monoisotopic (exact) mass is 649 g/mol. The summed E-state index contributed by atoms with van der Waals surface area (Å²) < 4.78 is 34.5. The molecule has 5 heterocycles.